The molecule has 0 fully saturated rings. The molecule has 148 valence electrons. The number of aryl methyl sites for hydroxylation is 2. The van der Waals surface area contributed by atoms with Gasteiger partial charge in [-0.1, -0.05) is 35.9 Å². The van der Waals surface area contributed by atoms with Crippen molar-refractivity contribution in [3.8, 4) is 11.1 Å². The zero-order chi connectivity index (χ0) is 21.0. The average Bonchev–Trinajstić information content (AvgIpc) is 3.12. The second-order valence-electron chi connectivity index (χ2n) is 6.54. The number of hydrogen-bond acceptors (Lipinski definition) is 4. The SMILES string of the molecule is COC(=O)c1c(-c2cc(C)ccc2C)csc1NC(=O)/C=C/c1ccc(F)cc1. The maximum absolute atomic E-state index is 13.0. The summed E-state index contributed by atoms with van der Waals surface area (Å²) in [5, 5.41) is 5.01. The number of hydrogen-bond donors (Lipinski definition) is 1. The van der Waals surface area contributed by atoms with E-state index < -0.39 is 11.9 Å². The number of esters is 1. The van der Waals surface area contributed by atoms with Crippen LogP contribution in [0.5, 0.6) is 0 Å². The molecule has 0 aliphatic carbocycles. The molecule has 1 amide bonds. The van der Waals surface area contributed by atoms with E-state index in [1.54, 1.807) is 18.2 Å². The third-order valence-corrected chi connectivity index (χ3v) is 5.29. The predicted molar refractivity (Wildman–Crippen MR) is 115 cm³/mol. The van der Waals surface area contributed by atoms with E-state index in [0.29, 0.717) is 16.1 Å². The van der Waals surface area contributed by atoms with Crippen molar-refractivity contribution in [2.24, 2.45) is 0 Å². The van der Waals surface area contributed by atoms with E-state index in [-0.39, 0.29) is 5.82 Å². The van der Waals surface area contributed by atoms with E-state index in [0.717, 1.165) is 22.3 Å². The van der Waals surface area contributed by atoms with Crippen molar-refractivity contribution >= 4 is 34.3 Å². The minimum Gasteiger partial charge on any atom is -0.465 e. The molecule has 2 aromatic carbocycles. The first-order valence-electron chi connectivity index (χ1n) is 8.91. The summed E-state index contributed by atoms with van der Waals surface area (Å²) in [5.41, 5.74) is 4.75. The van der Waals surface area contributed by atoms with Crippen LogP contribution in [-0.2, 0) is 9.53 Å². The highest BCUT2D eigenvalue weighted by Gasteiger charge is 2.22. The van der Waals surface area contributed by atoms with Crippen molar-refractivity contribution in [3.05, 3.63) is 82.0 Å². The number of rotatable bonds is 5. The van der Waals surface area contributed by atoms with Crippen molar-refractivity contribution in [2.45, 2.75) is 13.8 Å². The van der Waals surface area contributed by atoms with Crippen LogP contribution in [-0.4, -0.2) is 19.0 Å². The van der Waals surface area contributed by atoms with Crippen LogP contribution in [0.15, 0.2) is 53.9 Å². The third kappa shape index (κ3) is 4.78. The van der Waals surface area contributed by atoms with Gasteiger partial charge in [-0.3, -0.25) is 4.79 Å². The molecular weight excluding hydrogens is 389 g/mol. The van der Waals surface area contributed by atoms with Gasteiger partial charge in [-0.15, -0.1) is 11.3 Å². The first-order chi connectivity index (χ1) is 13.9. The van der Waals surface area contributed by atoms with Crippen molar-refractivity contribution < 1.29 is 18.7 Å². The van der Waals surface area contributed by atoms with E-state index in [1.165, 1.54) is 36.7 Å². The molecule has 0 radical (unpaired) electrons. The van der Waals surface area contributed by atoms with Gasteiger partial charge in [-0.25, -0.2) is 9.18 Å². The van der Waals surface area contributed by atoms with Crippen molar-refractivity contribution in [3.63, 3.8) is 0 Å². The van der Waals surface area contributed by atoms with E-state index in [4.69, 9.17) is 4.74 Å². The molecule has 0 bridgehead atoms. The number of thiophene rings is 1. The number of anilines is 1. The molecule has 0 saturated carbocycles. The zero-order valence-corrected chi connectivity index (χ0v) is 17.1. The quantitative estimate of drug-likeness (QED) is 0.440. The van der Waals surface area contributed by atoms with Gasteiger partial charge >= 0.3 is 5.97 Å². The van der Waals surface area contributed by atoms with E-state index in [9.17, 15) is 14.0 Å². The van der Waals surface area contributed by atoms with Crippen molar-refractivity contribution in [2.75, 3.05) is 12.4 Å². The molecule has 0 aliphatic heterocycles. The standard InChI is InChI=1S/C23H20FNO3S/c1-14-4-5-15(2)18(12-14)19-13-29-22(21(19)23(27)28-3)25-20(26)11-8-16-6-9-17(24)10-7-16/h4-13H,1-3H3,(H,25,26)/b11-8+. The summed E-state index contributed by atoms with van der Waals surface area (Å²) in [6, 6.07) is 11.8. The van der Waals surface area contributed by atoms with E-state index in [1.807, 2.05) is 37.4 Å². The summed E-state index contributed by atoms with van der Waals surface area (Å²) in [4.78, 5) is 24.8. The van der Waals surface area contributed by atoms with Crippen LogP contribution in [0, 0.1) is 19.7 Å². The third-order valence-electron chi connectivity index (χ3n) is 4.40. The van der Waals surface area contributed by atoms with Gasteiger partial charge in [0.15, 0.2) is 0 Å². The monoisotopic (exact) mass is 409 g/mol. The largest absolute Gasteiger partial charge is 0.465 e. The maximum atomic E-state index is 13.0. The molecule has 0 atom stereocenters. The number of carbonyl (C=O) groups excluding carboxylic acids is 2. The molecule has 1 N–H and O–H groups in total. The Morgan fingerprint density at radius 1 is 1.07 bits per heavy atom. The Bertz CT molecular complexity index is 1080. The molecule has 29 heavy (non-hydrogen) atoms. The lowest BCUT2D eigenvalue weighted by Gasteiger charge is -2.09. The average molecular weight is 409 g/mol. The fraction of sp³-hybridized carbons (Fsp3) is 0.130. The number of carbonyl (C=O) groups is 2. The van der Waals surface area contributed by atoms with E-state index in [2.05, 4.69) is 5.32 Å². The minimum atomic E-state index is -0.514. The Morgan fingerprint density at radius 3 is 2.48 bits per heavy atom. The van der Waals surface area contributed by atoms with Gasteiger partial charge in [-0.2, -0.15) is 0 Å². The predicted octanol–water partition coefficient (Wildman–Crippen LogP) is 5.61. The summed E-state index contributed by atoms with van der Waals surface area (Å²) >= 11 is 1.26. The van der Waals surface area contributed by atoms with Crippen LogP contribution in [0.1, 0.15) is 27.0 Å². The fourth-order valence-electron chi connectivity index (χ4n) is 2.88. The molecule has 0 aliphatic rings. The highest BCUT2D eigenvalue weighted by Crippen LogP contribution is 2.38. The van der Waals surface area contributed by atoms with Gasteiger partial charge in [0.2, 0.25) is 5.91 Å². The van der Waals surface area contributed by atoms with Crippen LogP contribution in [0.4, 0.5) is 9.39 Å². The van der Waals surface area contributed by atoms with Crippen LogP contribution < -0.4 is 5.32 Å². The number of benzene rings is 2. The Labute approximate surface area is 172 Å². The Kier molecular flexibility index (Phi) is 6.24. The highest BCUT2D eigenvalue weighted by atomic mass is 32.1. The van der Waals surface area contributed by atoms with Gasteiger partial charge in [0.1, 0.15) is 16.4 Å². The number of halogens is 1. The van der Waals surface area contributed by atoms with Crippen molar-refractivity contribution in [1.29, 1.82) is 0 Å². The summed E-state index contributed by atoms with van der Waals surface area (Å²) in [6.45, 7) is 3.95. The molecule has 6 heteroatoms. The second-order valence-corrected chi connectivity index (χ2v) is 7.42. The molecule has 1 heterocycles. The Morgan fingerprint density at radius 2 is 1.79 bits per heavy atom. The second kappa shape index (κ2) is 8.84. The van der Waals surface area contributed by atoms with Crippen LogP contribution in [0.3, 0.4) is 0 Å². The molecule has 3 aromatic rings. The molecule has 4 nitrogen and oxygen atoms in total. The Balaban J connectivity index is 1.90. The fourth-order valence-corrected chi connectivity index (χ4v) is 3.83. The summed E-state index contributed by atoms with van der Waals surface area (Å²) < 4.78 is 17.9. The summed E-state index contributed by atoms with van der Waals surface area (Å²) in [7, 11) is 1.31. The topological polar surface area (TPSA) is 55.4 Å². The molecule has 1 aromatic heterocycles. The molecular formula is C23H20FNO3S. The first kappa shape index (κ1) is 20.5. The Hall–Kier alpha value is -3.25. The van der Waals surface area contributed by atoms with Crippen LogP contribution in [0.2, 0.25) is 0 Å². The highest BCUT2D eigenvalue weighted by molar-refractivity contribution is 7.15. The van der Waals surface area contributed by atoms with Crippen LogP contribution in [0.25, 0.3) is 17.2 Å². The van der Waals surface area contributed by atoms with Gasteiger partial charge in [-0.05, 0) is 48.7 Å². The normalized spacial score (nSPS) is 10.9. The molecule has 0 unspecified atom stereocenters. The zero-order valence-electron chi connectivity index (χ0n) is 16.3. The lowest BCUT2D eigenvalue weighted by molar-refractivity contribution is -0.111. The minimum absolute atomic E-state index is 0.328. The molecule has 0 saturated heterocycles. The maximum Gasteiger partial charge on any atom is 0.341 e. The lowest BCUT2D eigenvalue weighted by Crippen LogP contribution is -2.11. The molecule has 0 spiro atoms. The van der Waals surface area contributed by atoms with Gasteiger partial charge < -0.3 is 10.1 Å². The van der Waals surface area contributed by atoms with Gasteiger partial charge in [0.25, 0.3) is 0 Å². The summed E-state index contributed by atoms with van der Waals surface area (Å²) in [6.07, 6.45) is 2.91. The lowest BCUT2D eigenvalue weighted by atomic mass is 9.97. The first-order valence-corrected chi connectivity index (χ1v) is 9.79. The number of methoxy groups -OCH3 is 1. The van der Waals surface area contributed by atoms with Crippen LogP contribution >= 0.6 is 11.3 Å². The number of amides is 1. The van der Waals surface area contributed by atoms with Crippen molar-refractivity contribution in [1.82, 2.24) is 0 Å². The van der Waals surface area contributed by atoms with E-state index >= 15 is 0 Å². The summed E-state index contributed by atoms with van der Waals surface area (Å²) in [5.74, 6) is -1.25. The molecule has 3 rings (SSSR count). The van der Waals surface area contributed by atoms with Gasteiger partial charge in [0.05, 0.1) is 7.11 Å². The number of ether oxygens (including phenoxy) is 1. The van der Waals surface area contributed by atoms with Gasteiger partial charge in [0, 0.05) is 17.0 Å². The number of nitrogens with one attached hydrogen (secondary N) is 1. The smallest absolute Gasteiger partial charge is 0.341 e.